The van der Waals surface area contributed by atoms with Crippen LogP contribution < -0.4 is 5.32 Å². The van der Waals surface area contributed by atoms with Gasteiger partial charge in [0.2, 0.25) is 0 Å². The van der Waals surface area contributed by atoms with Crippen LogP contribution in [0.3, 0.4) is 0 Å². The molecule has 0 unspecified atom stereocenters. The second-order valence-electron chi connectivity index (χ2n) is 6.42. The lowest BCUT2D eigenvalue weighted by Gasteiger charge is -2.07. The Balaban J connectivity index is 1.73. The third-order valence-electron chi connectivity index (χ3n) is 4.56. The number of fused-ring (bicyclic) bond motifs is 1. The van der Waals surface area contributed by atoms with Gasteiger partial charge in [0.15, 0.2) is 17.0 Å². The number of aromatic nitrogens is 7. The number of carbonyl (C=O) groups is 1. The number of nitrogens with one attached hydrogen (secondary N) is 2. The molecule has 0 aliphatic heterocycles. The zero-order valence-corrected chi connectivity index (χ0v) is 15.5. The van der Waals surface area contributed by atoms with Gasteiger partial charge in [0.05, 0.1) is 23.3 Å². The van der Waals surface area contributed by atoms with Crippen molar-refractivity contribution < 1.29 is 18.0 Å². The summed E-state index contributed by atoms with van der Waals surface area (Å²) in [5.41, 5.74) is 1.06. The molecule has 0 radical (unpaired) electrons. The van der Waals surface area contributed by atoms with Crippen molar-refractivity contribution in [1.82, 2.24) is 34.6 Å². The molecule has 0 aromatic carbocycles. The number of amides is 1. The Bertz CT molecular complexity index is 1230. The molecule has 2 N–H and O–H groups in total. The van der Waals surface area contributed by atoms with Crippen molar-refractivity contribution in [3.05, 3.63) is 47.3 Å². The van der Waals surface area contributed by atoms with Crippen LogP contribution in [0.25, 0.3) is 16.9 Å². The summed E-state index contributed by atoms with van der Waals surface area (Å²) < 4.78 is 42.4. The second-order valence-corrected chi connectivity index (χ2v) is 6.42. The Morgan fingerprint density at radius 3 is 2.69 bits per heavy atom. The third-order valence-corrected chi connectivity index (χ3v) is 4.56. The van der Waals surface area contributed by atoms with Crippen LogP contribution in [0, 0.1) is 13.8 Å². The molecule has 4 aromatic heterocycles. The number of nitrogens with zero attached hydrogens (tertiary/aromatic N) is 6. The molecular formula is C17H15F3N8O. The highest BCUT2D eigenvalue weighted by molar-refractivity contribution is 6.04. The fraction of sp³-hybridized carbons (Fsp3) is 0.235. The molecule has 4 heterocycles. The van der Waals surface area contributed by atoms with E-state index in [4.69, 9.17) is 0 Å². The minimum absolute atomic E-state index is 0.0826. The SMILES string of the molecule is Cc1[nH]nc(C(F)(F)F)c1NC(=O)c1cc2nccc(-c3cnn(C)c3C)n2n1. The molecule has 4 rings (SSSR count). The molecule has 0 aliphatic rings. The van der Waals surface area contributed by atoms with E-state index in [-0.39, 0.29) is 11.4 Å². The Hall–Kier alpha value is -3.70. The molecule has 0 bridgehead atoms. The number of hydrogen-bond donors (Lipinski definition) is 2. The van der Waals surface area contributed by atoms with E-state index < -0.39 is 23.5 Å². The van der Waals surface area contributed by atoms with Gasteiger partial charge in [-0.25, -0.2) is 9.50 Å². The first-order valence-electron chi connectivity index (χ1n) is 8.44. The molecular weight excluding hydrogens is 389 g/mol. The van der Waals surface area contributed by atoms with E-state index in [1.807, 2.05) is 6.92 Å². The standard InChI is InChI=1S/C17H15F3N8O/c1-8-14(15(25-24-8)17(18,19)20)23-16(29)11-6-13-21-5-4-12(28(13)26-11)10-7-22-27(3)9(10)2/h4-7H,1-3H3,(H,23,29)(H,24,25). The van der Waals surface area contributed by atoms with Crippen LogP contribution in [-0.4, -0.2) is 40.5 Å². The van der Waals surface area contributed by atoms with Gasteiger partial charge in [0.1, 0.15) is 0 Å². The first kappa shape index (κ1) is 18.7. The molecule has 0 aliphatic carbocycles. The number of anilines is 1. The topological polar surface area (TPSA) is 106 Å². The van der Waals surface area contributed by atoms with Crippen LogP contribution in [0.2, 0.25) is 0 Å². The zero-order valence-electron chi connectivity index (χ0n) is 15.5. The minimum Gasteiger partial charge on any atom is -0.317 e. The van der Waals surface area contributed by atoms with Gasteiger partial charge < -0.3 is 5.32 Å². The molecule has 4 aromatic rings. The second kappa shape index (κ2) is 6.43. The van der Waals surface area contributed by atoms with Crippen molar-refractivity contribution in [2.24, 2.45) is 7.05 Å². The summed E-state index contributed by atoms with van der Waals surface area (Å²) >= 11 is 0. The normalized spacial score (nSPS) is 11.9. The smallest absolute Gasteiger partial charge is 0.317 e. The van der Waals surface area contributed by atoms with Gasteiger partial charge >= 0.3 is 6.18 Å². The molecule has 0 saturated carbocycles. The maximum atomic E-state index is 13.1. The molecule has 0 atom stereocenters. The molecule has 0 spiro atoms. The van der Waals surface area contributed by atoms with E-state index >= 15 is 0 Å². The number of aryl methyl sites for hydroxylation is 2. The van der Waals surface area contributed by atoms with Crippen LogP contribution in [0.1, 0.15) is 27.6 Å². The predicted molar refractivity (Wildman–Crippen MR) is 96.2 cm³/mol. The van der Waals surface area contributed by atoms with Gasteiger partial charge in [-0.15, -0.1) is 0 Å². The summed E-state index contributed by atoms with van der Waals surface area (Å²) in [7, 11) is 1.80. The number of H-pyrrole nitrogens is 1. The monoisotopic (exact) mass is 404 g/mol. The molecule has 29 heavy (non-hydrogen) atoms. The highest BCUT2D eigenvalue weighted by atomic mass is 19.4. The summed E-state index contributed by atoms with van der Waals surface area (Å²) in [4.78, 5) is 16.8. The number of hydrogen-bond acceptors (Lipinski definition) is 5. The highest BCUT2D eigenvalue weighted by Crippen LogP contribution is 2.34. The average Bonchev–Trinajstić information content (AvgIpc) is 3.33. The van der Waals surface area contributed by atoms with E-state index in [0.717, 1.165) is 11.3 Å². The van der Waals surface area contributed by atoms with Crippen molar-refractivity contribution in [3.63, 3.8) is 0 Å². The van der Waals surface area contributed by atoms with Gasteiger partial charge in [-0.1, -0.05) is 0 Å². The fourth-order valence-corrected chi connectivity index (χ4v) is 2.93. The lowest BCUT2D eigenvalue weighted by Crippen LogP contribution is -2.17. The molecule has 12 heteroatoms. The van der Waals surface area contributed by atoms with Gasteiger partial charge in [0, 0.05) is 30.6 Å². The number of halogens is 3. The maximum Gasteiger partial charge on any atom is 0.437 e. The number of carbonyl (C=O) groups excluding carboxylic acids is 1. The van der Waals surface area contributed by atoms with E-state index in [0.29, 0.717) is 11.3 Å². The Labute approximate surface area is 161 Å². The Morgan fingerprint density at radius 1 is 1.28 bits per heavy atom. The number of rotatable bonds is 3. The molecule has 1 amide bonds. The van der Waals surface area contributed by atoms with Crippen LogP contribution >= 0.6 is 0 Å². The summed E-state index contributed by atoms with van der Waals surface area (Å²) in [6, 6.07) is 3.11. The summed E-state index contributed by atoms with van der Waals surface area (Å²) in [5.74, 6) is -0.806. The van der Waals surface area contributed by atoms with Crippen molar-refractivity contribution in [2.45, 2.75) is 20.0 Å². The summed E-state index contributed by atoms with van der Waals surface area (Å²) in [6.07, 6.45) is -1.49. The molecule has 9 nitrogen and oxygen atoms in total. The van der Waals surface area contributed by atoms with Crippen LogP contribution in [-0.2, 0) is 13.2 Å². The largest absolute Gasteiger partial charge is 0.437 e. The zero-order chi connectivity index (χ0) is 20.9. The first-order chi connectivity index (χ1) is 13.7. The van der Waals surface area contributed by atoms with Crippen molar-refractivity contribution in [3.8, 4) is 11.3 Å². The Kier molecular flexibility index (Phi) is 4.14. The third kappa shape index (κ3) is 3.11. The van der Waals surface area contributed by atoms with Crippen LogP contribution in [0.5, 0.6) is 0 Å². The van der Waals surface area contributed by atoms with Crippen molar-refractivity contribution in [1.29, 1.82) is 0 Å². The number of alkyl halides is 3. The molecule has 150 valence electrons. The minimum atomic E-state index is -4.71. The van der Waals surface area contributed by atoms with Crippen molar-refractivity contribution in [2.75, 3.05) is 5.32 Å². The number of aromatic amines is 1. The van der Waals surface area contributed by atoms with Crippen LogP contribution in [0.15, 0.2) is 24.5 Å². The lowest BCUT2D eigenvalue weighted by atomic mass is 10.2. The highest BCUT2D eigenvalue weighted by Gasteiger charge is 2.38. The van der Waals surface area contributed by atoms with Gasteiger partial charge in [-0.05, 0) is 19.9 Å². The van der Waals surface area contributed by atoms with Gasteiger partial charge in [0.25, 0.3) is 5.91 Å². The van der Waals surface area contributed by atoms with E-state index in [9.17, 15) is 18.0 Å². The molecule has 0 saturated heterocycles. The first-order valence-corrected chi connectivity index (χ1v) is 8.44. The predicted octanol–water partition coefficient (Wildman–Crippen LogP) is 2.74. The van der Waals surface area contributed by atoms with E-state index in [2.05, 4.69) is 30.7 Å². The summed E-state index contributed by atoms with van der Waals surface area (Å²) in [6.45, 7) is 3.26. The fourth-order valence-electron chi connectivity index (χ4n) is 2.93. The van der Waals surface area contributed by atoms with Gasteiger partial charge in [-0.2, -0.15) is 28.5 Å². The van der Waals surface area contributed by atoms with E-state index in [1.54, 1.807) is 30.2 Å². The quantitative estimate of drug-likeness (QED) is 0.546. The lowest BCUT2D eigenvalue weighted by molar-refractivity contribution is -0.140. The maximum absolute atomic E-state index is 13.1. The summed E-state index contributed by atoms with van der Waals surface area (Å²) in [5, 5.41) is 16.1. The van der Waals surface area contributed by atoms with Crippen molar-refractivity contribution >= 4 is 17.2 Å². The molecule has 0 fully saturated rings. The van der Waals surface area contributed by atoms with Crippen LogP contribution in [0.4, 0.5) is 18.9 Å². The Morgan fingerprint density at radius 2 is 2.03 bits per heavy atom. The van der Waals surface area contributed by atoms with Gasteiger partial charge in [-0.3, -0.25) is 14.6 Å². The average molecular weight is 404 g/mol. The van der Waals surface area contributed by atoms with E-state index in [1.165, 1.54) is 17.5 Å².